The van der Waals surface area contributed by atoms with Crippen molar-refractivity contribution >= 4 is 29.1 Å². The third kappa shape index (κ3) is 5.19. The summed E-state index contributed by atoms with van der Waals surface area (Å²) in [5.74, 6) is -0.273. The molecule has 2 fully saturated rings. The Morgan fingerprint density at radius 2 is 1.69 bits per heavy atom. The summed E-state index contributed by atoms with van der Waals surface area (Å²) in [5, 5.41) is 4.85. The monoisotopic (exact) mass is 455 g/mol. The zero-order valence-corrected chi connectivity index (χ0v) is 19.1. The molecule has 170 valence electrons. The zero-order chi connectivity index (χ0) is 22.5. The van der Waals surface area contributed by atoms with Gasteiger partial charge in [-0.05, 0) is 49.3 Å². The van der Waals surface area contributed by atoms with Gasteiger partial charge < -0.3 is 19.9 Å². The largest absolute Gasteiger partial charge is 0.378 e. The van der Waals surface area contributed by atoms with Crippen molar-refractivity contribution in [1.82, 2.24) is 15.1 Å². The van der Waals surface area contributed by atoms with Gasteiger partial charge in [0.15, 0.2) is 0 Å². The second-order valence-electron chi connectivity index (χ2n) is 8.36. The van der Waals surface area contributed by atoms with Gasteiger partial charge in [0.25, 0.3) is 11.8 Å². The Kier molecular flexibility index (Phi) is 7.22. The van der Waals surface area contributed by atoms with E-state index in [2.05, 4.69) is 5.32 Å². The van der Waals surface area contributed by atoms with E-state index in [9.17, 15) is 14.4 Å². The lowest BCUT2D eigenvalue weighted by Crippen LogP contribution is -2.56. The van der Waals surface area contributed by atoms with Crippen molar-refractivity contribution in [2.75, 3.05) is 39.4 Å². The Hall–Kier alpha value is -2.71. The molecule has 0 aliphatic carbocycles. The zero-order valence-electron chi connectivity index (χ0n) is 18.3. The van der Waals surface area contributed by atoms with E-state index in [0.29, 0.717) is 62.7 Å². The number of nitrogens with zero attached hydrogens (tertiary/aromatic N) is 2. The van der Waals surface area contributed by atoms with Crippen molar-refractivity contribution in [3.8, 4) is 0 Å². The number of aryl methyl sites for hydroxylation is 1. The number of carbonyl (C=O) groups is 3. The molecule has 2 aliphatic rings. The predicted molar refractivity (Wildman–Crippen MR) is 123 cm³/mol. The molecular weight excluding hydrogens is 426 g/mol. The molecule has 32 heavy (non-hydrogen) atoms. The quantitative estimate of drug-likeness (QED) is 0.752. The Balaban J connectivity index is 1.44. The van der Waals surface area contributed by atoms with Crippen LogP contribution >= 0.6 is 11.3 Å². The Morgan fingerprint density at radius 1 is 1.00 bits per heavy atom. The summed E-state index contributed by atoms with van der Waals surface area (Å²) in [5.41, 5.74) is 1.80. The van der Waals surface area contributed by atoms with Crippen molar-refractivity contribution in [2.24, 2.45) is 5.92 Å². The van der Waals surface area contributed by atoms with E-state index in [4.69, 9.17) is 4.74 Å². The van der Waals surface area contributed by atoms with Crippen LogP contribution < -0.4 is 5.32 Å². The maximum atomic E-state index is 13.3. The van der Waals surface area contributed by atoms with Crippen LogP contribution in [0.3, 0.4) is 0 Å². The van der Waals surface area contributed by atoms with Crippen LogP contribution in [0, 0.1) is 12.8 Å². The smallest absolute Gasteiger partial charge is 0.262 e. The first kappa shape index (κ1) is 22.5. The number of likely N-dealkylation sites (tertiary alicyclic amines) is 1. The standard InChI is InChI=1S/C24H29N3O4S/c1-17-4-6-19(7-5-17)23(29)26-10-8-18(9-11-26)21(24(30)27-12-14-31-15-13-27)25-22(28)20-3-2-16-32-20/h2-7,16,18,21H,8-15H2,1H3,(H,25,28). The lowest BCUT2D eigenvalue weighted by atomic mass is 9.88. The Morgan fingerprint density at radius 3 is 2.31 bits per heavy atom. The highest BCUT2D eigenvalue weighted by atomic mass is 32.1. The first-order valence-electron chi connectivity index (χ1n) is 11.1. The summed E-state index contributed by atoms with van der Waals surface area (Å²) < 4.78 is 5.38. The normalized spacial score (nSPS) is 18.3. The van der Waals surface area contributed by atoms with Crippen molar-refractivity contribution in [2.45, 2.75) is 25.8 Å². The molecule has 1 unspecified atom stereocenters. The second kappa shape index (κ2) is 10.3. The van der Waals surface area contributed by atoms with Crippen LogP contribution in [0.15, 0.2) is 41.8 Å². The molecule has 0 saturated carbocycles. The molecule has 2 saturated heterocycles. The van der Waals surface area contributed by atoms with Gasteiger partial charge in [0.05, 0.1) is 18.1 Å². The predicted octanol–water partition coefficient (Wildman–Crippen LogP) is 2.57. The van der Waals surface area contributed by atoms with E-state index in [1.54, 1.807) is 11.0 Å². The molecule has 1 aromatic carbocycles. The number of rotatable bonds is 5. The van der Waals surface area contributed by atoms with Gasteiger partial charge in [-0.15, -0.1) is 11.3 Å². The number of benzene rings is 1. The van der Waals surface area contributed by atoms with Gasteiger partial charge in [-0.3, -0.25) is 14.4 Å². The van der Waals surface area contributed by atoms with Gasteiger partial charge in [0.2, 0.25) is 5.91 Å². The van der Waals surface area contributed by atoms with Gasteiger partial charge in [-0.25, -0.2) is 0 Å². The van der Waals surface area contributed by atoms with Crippen molar-refractivity contribution in [3.63, 3.8) is 0 Å². The highest BCUT2D eigenvalue weighted by Crippen LogP contribution is 2.24. The Labute approximate surface area is 192 Å². The van der Waals surface area contributed by atoms with Crippen molar-refractivity contribution in [3.05, 3.63) is 57.8 Å². The fourth-order valence-electron chi connectivity index (χ4n) is 4.30. The summed E-state index contributed by atoms with van der Waals surface area (Å²) in [6, 6.07) is 10.6. The minimum Gasteiger partial charge on any atom is -0.378 e. The van der Waals surface area contributed by atoms with Gasteiger partial charge in [0, 0.05) is 31.7 Å². The number of morpholine rings is 1. The van der Waals surface area contributed by atoms with E-state index in [0.717, 1.165) is 5.56 Å². The number of amides is 3. The molecule has 4 rings (SSSR count). The number of carbonyl (C=O) groups excluding carboxylic acids is 3. The SMILES string of the molecule is Cc1ccc(C(=O)N2CCC(C(NC(=O)c3cccs3)C(=O)N3CCOCC3)CC2)cc1. The molecule has 0 bridgehead atoms. The minimum atomic E-state index is -0.598. The summed E-state index contributed by atoms with van der Waals surface area (Å²) in [4.78, 5) is 43.2. The molecule has 0 spiro atoms. The van der Waals surface area contributed by atoms with E-state index in [1.165, 1.54) is 11.3 Å². The molecule has 1 atom stereocenters. The topological polar surface area (TPSA) is 79.0 Å². The number of piperidine rings is 1. The van der Waals surface area contributed by atoms with Crippen LogP contribution in [-0.2, 0) is 9.53 Å². The summed E-state index contributed by atoms with van der Waals surface area (Å²) in [7, 11) is 0. The fourth-order valence-corrected chi connectivity index (χ4v) is 4.92. The van der Waals surface area contributed by atoms with Gasteiger partial charge in [0.1, 0.15) is 6.04 Å². The molecule has 3 heterocycles. The molecule has 0 radical (unpaired) electrons. The molecular formula is C24H29N3O4S. The number of hydrogen-bond donors (Lipinski definition) is 1. The van der Waals surface area contributed by atoms with Crippen molar-refractivity contribution < 1.29 is 19.1 Å². The average molecular weight is 456 g/mol. The van der Waals surface area contributed by atoms with Gasteiger partial charge in [-0.2, -0.15) is 0 Å². The highest BCUT2D eigenvalue weighted by molar-refractivity contribution is 7.12. The van der Waals surface area contributed by atoms with Gasteiger partial charge >= 0.3 is 0 Å². The number of ether oxygens (including phenoxy) is 1. The van der Waals surface area contributed by atoms with Gasteiger partial charge in [-0.1, -0.05) is 23.8 Å². The molecule has 2 aromatic rings. The summed E-state index contributed by atoms with van der Waals surface area (Å²) in [6.45, 7) is 5.24. The molecule has 1 N–H and O–H groups in total. The Bertz CT molecular complexity index is 931. The van der Waals surface area contributed by atoms with E-state index in [-0.39, 0.29) is 23.6 Å². The molecule has 2 aliphatic heterocycles. The van der Waals surface area contributed by atoms with Crippen LogP contribution in [-0.4, -0.2) is 73.0 Å². The maximum absolute atomic E-state index is 13.3. The van der Waals surface area contributed by atoms with Crippen LogP contribution in [0.1, 0.15) is 38.4 Å². The summed E-state index contributed by atoms with van der Waals surface area (Å²) in [6.07, 6.45) is 1.34. The van der Waals surface area contributed by atoms with E-state index >= 15 is 0 Å². The average Bonchev–Trinajstić information content (AvgIpc) is 3.38. The molecule has 7 nitrogen and oxygen atoms in total. The third-order valence-corrected chi connectivity index (χ3v) is 7.09. The molecule has 8 heteroatoms. The number of thiophene rings is 1. The lowest BCUT2D eigenvalue weighted by Gasteiger charge is -2.38. The maximum Gasteiger partial charge on any atom is 0.262 e. The summed E-state index contributed by atoms with van der Waals surface area (Å²) >= 11 is 1.36. The lowest BCUT2D eigenvalue weighted by molar-refractivity contribution is -0.139. The van der Waals surface area contributed by atoms with E-state index < -0.39 is 6.04 Å². The van der Waals surface area contributed by atoms with Crippen LogP contribution in [0.25, 0.3) is 0 Å². The van der Waals surface area contributed by atoms with Crippen LogP contribution in [0.2, 0.25) is 0 Å². The minimum absolute atomic E-state index is 0.0159. The first-order chi connectivity index (χ1) is 15.5. The van der Waals surface area contributed by atoms with E-state index in [1.807, 2.05) is 47.5 Å². The number of nitrogens with one attached hydrogen (secondary N) is 1. The van der Waals surface area contributed by atoms with Crippen molar-refractivity contribution in [1.29, 1.82) is 0 Å². The number of hydrogen-bond acceptors (Lipinski definition) is 5. The molecule has 1 aromatic heterocycles. The third-order valence-electron chi connectivity index (χ3n) is 6.22. The van der Waals surface area contributed by atoms with Crippen LogP contribution in [0.4, 0.5) is 0 Å². The van der Waals surface area contributed by atoms with Crippen LogP contribution in [0.5, 0.6) is 0 Å². The highest BCUT2D eigenvalue weighted by Gasteiger charge is 2.36. The molecule has 3 amide bonds. The second-order valence-corrected chi connectivity index (χ2v) is 9.31. The fraction of sp³-hybridized carbons (Fsp3) is 0.458. The first-order valence-corrected chi connectivity index (χ1v) is 12.0.